The number of Topliss-reactive ketones (excluding diaryl/α,β-unsaturated/α-hetero) is 1. The standard InChI is InChI=1S/C31H38FN7O2/c1-22(39(4)29(41)7-5-16-38(2)3)28(40)19-25-17-24(18-25)8-11-26-21-35-31(37-30(26)34-15-6-14-32)36-27-12-9-23(20-33)10-13-27/h5,7,9-10,12-13,21-22,24-25H,6,14-19H2,1-4H3,(H2,34,35,36,37)/b7-5+/t22-,24?,25?/m0/s1. The second kappa shape index (κ2) is 15.5. The number of hydrogen-bond donors (Lipinski definition) is 2. The zero-order valence-corrected chi connectivity index (χ0v) is 24.2. The Labute approximate surface area is 241 Å². The summed E-state index contributed by atoms with van der Waals surface area (Å²) in [5.74, 6) is 7.58. The highest BCUT2D eigenvalue weighted by Crippen LogP contribution is 2.36. The molecule has 1 atom stereocenters. The Morgan fingerprint density at radius 2 is 1.95 bits per heavy atom. The van der Waals surface area contributed by atoms with Gasteiger partial charge in [-0.3, -0.25) is 14.0 Å². The van der Waals surface area contributed by atoms with Crippen LogP contribution in [-0.4, -0.2) is 78.4 Å². The number of halogens is 1. The lowest BCUT2D eigenvalue weighted by molar-refractivity contribution is -0.134. The Morgan fingerprint density at radius 1 is 1.22 bits per heavy atom. The van der Waals surface area contributed by atoms with Crippen LogP contribution in [0.4, 0.5) is 21.8 Å². The van der Waals surface area contributed by atoms with Gasteiger partial charge in [0.15, 0.2) is 5.78 Å². The fraction of sp³-hybridized carbons (Fsp3) is 0.452. The maximum atomic E-state index is 12.8. The Bertz CT molecular complexity index is 1320. The second-order valence-electron chi connectivity index (χ2n) is 10.5. The van der Waals surface area contributed by atoms with Crippen molar-refractivity contribution in [2.24, 2.45) is 11.8 Å². The van der Waals surface area contributed by atoms with Gasteiger partial charge in [0.1, 0.15) is 5.82 Å². The van der Waals surface area contributed by atoms with Gasteiger partial charge in [-0.2, -0.15) is 10.2 Å². The summed E-state index contributed by atoms with van der Waals surface area (Å²) in [4.78, 5) is 37.5. The third-order valence-electron chi connectivity index (χ3n) is 6.92. The van der Waals surface area contributed by atoms with Crippen molar-refractivity contribution >= 4 is 29.1 Å². The summed E-state index contributed by atoms with van der Waals surface area (Å²) in [5, 5.41) is 15.2. The Hall–Kier alpha value is -4.28. The number of amides is 1. The molecule has 0 spiro atoms. The van der Waals surface area contributed by atoms with Crippen molar-refractivity contribution in [3.8, 4) is 17.9 Å². The van der Waals surface area contributed by atoms with Gasteiger partial charge in [-0.1, -0.05) is 17.9 Å². The van der Waals surface area contributed by atoms with Gasteiger partial charge < -0.3 is 20.4 Å². The van der Waals surface area contributed by atoms with Crippen molar-refractivity contribution in [3.05, 3.63) is 53.7 Å². The van der Waals surface area contributed by atoms with Crippen LogP contribution >= 0.6 is 0 Å². The van der Waals surface area contributed by atoms with Crippen molar-refractivity contribution < 1.29 is 14.0 Å². The number of benzene rings is 1. The third-order valence-corrected chi connectivity index (χ3v) is 6.92. The van der Waals surface area contributed by atoms with Gasteiger partial charge in [0.2, 0.25) is 11.9 Å². The summed E-state index contributed by atoms with van der Waals surface area (Å²) in [5.41, 5.74) is 1.90. The quantitative estimate of drug-likeness (QED) is 0.214. The average molecular weight is 560 g/mol. The van der Waals surface area contributed by atoms with Crippen molar-refractivity contribution in [3.63, 3.8) is 0 Å². The number of carbonyl (C=O) groups excluding carboxylic acids is 2. The Balaban J connectivity index is 1.56. The molecule has 1 aliphatic carbocycles. The zero-order chi connectivity index (χ0) is 29.8. The first-order chi connectivity index (χ1) is 19.7. The molecule has 1 aromatic carbocycles. The summed E-state index contributed by atoms with van der Waals surface area (Å²) in [6.07, 6.45) is 7.33. The molecule has 1 amide bonds. The smallest absolute Gasteiger partial charge is 0.246 e. The molecule has 2 aromatic rings. The molecule has 1 fully saturated rings. The van der Waals surface area contributed by atoms with Gasteiger partial charge in [-0.25, -0.2) is 4.98 Å². The van der Waals surface area contributed by atoms with E-state index in [9.17, 15) is 14.0 Å². The highest BCUT2D eigenvalue weighted by atomic mass is 19.1. The summed E-state index contributed by atoms with van der Waals surface area (Å²) in [6, 6.07) is 8.53. The van der Waals surface area contributed by atoms with E-state index in [2.05, 4.69) is 38.5 Å². The Morgan fingerprint density at radius 3 is 2.61 bits per heavy atom. The number of hydrogen-bond acceptors (Lipinski definition) is 8. The van der Waals surface area contributed by atoms with Crippen molar-refractivity contribution in [2.45, 2.75) is 38.6 Å². The molecule has 3 rings (SSSR count). The van der Waals surface area contributed by atoms with E-state index < -0.39 is 12.7 Å². The molecule has 0 bridgehead atoms. The average Bonchev–Trinajstić information content (AvgIpc) is 2.94. The van der Waals surface area contributed by atoms with E-state index >= 15 is 0 Å². The molecule has 0 aliphatic heterocycles. The number of alkyl halides is 1. The molecule has 10 heteroatoms. The molecule has 9 nitrogen and oxygen atoms in total. The van der Waals surface area contributed by atoms with Crippen LogP contribution in [0.1, 0.15) is 43.7 Å². The minimum atomic E-state index is -0.483. The molecule has 1 aromatic heterocycles. The topological polar surface area (TPSA) is 114 Å². The Kier molecular flexibility index (Phi) is 11.8. The number of anilines is 3. The number of carbonyl (C=O) groups is 2. The first-order valence-electron chi connectivity index (χ1n) is 13.8. The first-order valence-corrected chi connectivity index (χ1v) is 13.8. The summed E-state index contributed by atoms with van der Waals surface area (Å²) < 4.78 is 12.7. The molecule has 1 aliphatic rings. The molecular formula is C31H38FN7O2. The summed E-state index contributed by atoms with van der Waals surface area (Å²) in [6.45, 7) is 2.40. The van der Waals surface area contributed by atoms with Crippen molar-refractivity contribution in [1.82, 2.24) is 19.8 Å². The van der Waals surface area contributed by atoms with Gasteiger partial charge in [-0.15, -0.1) is 0 Å². The number of aromatic nitrogens is 2. The van der Waals surface area contributed by atoms with Crippen LogP contribution in [0, 0.1) is 35.0 Å². The minimum Gasteiger partial charge on any atom is -0.369 e. The molecule has 2 N–H and O–H groups in total. The van der Waals surface area contributed by atoms with E-state index in [4.69, 9.17) is 5.26 Å². The number of rotatable bonds is 13. The lowest BCUT2D eigenvalue weighted by atomic mass is 9.72. The van der Waals surface area contributed by atoms with Crippen LogP contribution in [0.3, 0.4) is 0 Å². The van der Waals surface area contributed by atoms with E-state index in [-0.39, 0.29) is 23.5 Å². The van der Waals surface area contributed by atoms with Gasteiger partial charge in [0.25, 0.3) is 0 Å². The molecule has 1 saturated carbocycles. The largest absolute Gasteiger partial charge is 0.369 e. The summed E-state index contributed by atoms with van der Waals surface area (Å²) >= 11 is 0. The first kappa shape index (κ1) is 31.3. The minimum absolute atomic E-state index is 0.0522. The van der Waals surface area contributed by atoms with E-state index in [0.29, 0.717) is 48.8 Å². The molecule has 1 heterocycles. The second-order valence-corrected chi connectivity index (χ2v) is 10.5. The van der Waals surface area contributed by atoms with Crippen LogP contribution in [0.2, 0.25) is 0 Å². The van der Waals surface area contributed by atoms with Crippen molar-refractivity contribution in [2.75, 3.05) is 51.5 Å². The maximum absolute atomic E-state index is 12.8. The number of likely N-dealkylation sites (N-methyl/N-ethyl adjacent to an activating group) is 2. The highest BCUT2D eigenvalue weighted by Gasteiger charge is 2.32. The molecule has 0 unspecified atom stereocenters. The van der Waals surface area contributed by atoms with E-state index in [1.54, 1.807) is 50.5 Å². The van der Waals surface area contributed by atoms with Crippen LogP contribution in [0.25, 0.3) is 0 Å². The van der Waals surface area contributed by atoms with Gasteiger partial charge in [-0.05, 0) is 70.5 Å². The SMILES string of the molecule is C[C@@H](C(=O)CC1CC(C#Cc2cnc(Nc3ccc(C#N)cc3)nc2NCCCF)C1)N(C)C(=O)/C=C/CN(C)C. The number of ketones is 1. The van der Waals surface area contributed by atoms with Crippen LogP contribution in [-0.2, 0) is 9.59 Å². The molecule has 0 saturated heterocycles. The monoisotopic (exact) mass is 559 g/mol. The number of nitriles is 1. The van der Waals surface area contributed by atoms with Crippen LogP contribution in [0.15, 0.2) is 42.6 Å². The molecule has 0 radical (unpaired) electrons. The van der Waals surface area contributed by atoms with Gasteiger partial charge >= 0.3 is 0 Å². The number of nitrogens with zero attached hydrogens (tertiary/aromatic N) is 5. The lowest BCUT2D eigenvalue weighted by Crippen LogP contribution is -2.41. The lowest BCUT2D eigenvalue weighted by Gasteiger charge is -2.33. The zero-order valence-electron chi connectivity index (χ0n) is 24.2. The molecule has 216 valence electrons. The normalized spacial score (nSPS) is 16.7. The van der Waals surface area contributed by atoms with Gasteiger partial charge in [0, 0.05) is 44.2 Å². The maximum Gasteiger partial charge on any atom is 0.246 e. The van der Waals surface area contributed by atoms with E-state index in [1.165, 1.54) is 11.0 Å². The molecular weight excluding hydrogens is 521 g/mol. The molecule has 41 heavy (non-hydrogen) atoms. The predicted octanol–water partition coefficient (Wildman–Crippen LogP) is 4.16. The van der Waals surface area contributed by atoms with Crippen LogP contribution in [0.5, 0.6) is 0 Å². The van der Waals surface area contributed by atoms with Gasteiger partial charge in [0.05, 0.1) is 36.1 Å². The summed E-state index contributed by atoms with van der Waals surface area (Å²) in [7, 11) is 5.51. The van der Waals surface area contributed by atoms with Crippen molar-refractivity contribution in [1.29, 1.82) is 5.26 Å². The van der Waals surface area contributed by atoms with E-state index in [0.717, 1.165) is 18.5 Å². The predicted molar refractivity (Wildman–Crippen MR) is 158 cm³/mol. The van der Waals surface area contributed by atoms with E-state index in [1.807, 2.05) is 19.0 Å². The fourth-order valence-electron chi connectivity index (χ4n) is 4.24. The third kappa shape index (κ3) is 9.70. The van der Waals surface area contributed by atoms with Crippen LogP contribution < -0.4 is 10.6 Å². The highest BCUT2D eigenvalue weighted by molar-refractivity contribution is 5.93. The number of nitrogens with one attached hydrogen (secondary N) is 2. The fourth-order valence-corrected chi connectivity index (χ4v) is 4.24.